The summed E-state index contributed by atoms with van der Waals surface area (Å²) in [6.45, 7) is 4.54. The fourth-order valence-corrected chi connectivity index (χ4v) is 4.41. The van der Waals surface area contributed by atoms with E-state index in [-0.39, 0.29) is 6.10 Å². The Bertz CT molecular complexity index is 789. The first-order chi connectivity index (χ1) is 11.4. The molecular weight excluding hydrogens is 326 g/mol. The predicted molar refractivity (Wildman–Crippen MR) is 90.4 cm³/mol. The van der Waals surface area contributed by atoms with Gasteiger partial charge in [-0.3, -0.25) is 0 Å². The van der Waals surface area contributed by atoms with E-state index in [0.29, 0.717) is 29.7 Å². The van der Waals surface area contributed by atoms with Crippen LogP contribution in [0.3, 0.4) is 0 Å². The standard InChI is InChI=1S/C17H21N3O3S/c1-13-11-17(19-14(2)18-13)23-15-7-6-10-20(12-15)24(21,22)16-8-4-3-5-9-16/h3-5,8-9,11,15H,6-7,10,12H2,1-2H3. The van der Waals surface area contributed by atoms with Crippen LogP contribution < -0.4 is 4.74 Å². The third-order valence-corrected chi connectivity index (χ3v) is 5.83. The molecule has 1 aliphatic heterocycles. The minimum atomic E-state index is -3.48. The fraction of sp³-hybridized carbons (Fsp3) is 0.412. The van der Waals surface area contributed by atoms with Crippen LogP contribution in [0.2, 0.25) is 0 Å². The highest BCUT2D eigenvalue weighted by atomic mass is 32.2. The number of aryl methyl sites for hydroxylation is 2. The number of benzene rings is 1. The summed E-state index contributed by atoms with van der Waals surface area (Å²) in [6, 6.07) is 10.3. The molecule has 0 radical (unpaired) electrons. The molecule has 1 atom stereocenters. The summed E-state index contributed by atoms with van der Waals surface area (Å²) < 4.78 is 32.9. The minimum Gasteiger partial charge on any atom is -0.473 e. The number of aromatic nitrogens is 2. The van der Waals surface area contributed by atoms with Crippen LogP contribution >= 0.6 is 0 Å². The highest BCUT2D eigenvalue weighted by Crippen LogP contribution is 2.23. The molecule has 3 rings (SSSR count). The van der Waals surface area contributed by atoms with Gasteiger partial charge in [-0.25, -0.2) is 13.4 Å². The average molecular weight is 347 g/mol. The van der Waals surface area contributed by atoms with Gasteiger partial charge < -0.3 is 4.74 Å². The number of sulfonamides is 1. The third kappa shape index (κ3) is 3.73. The van der Waals surface area contributed by atoms with Crippen molar-refractivity contribution >= 4 is 10.0 Å². The van der Waals surface area contributed by atoms with Crippen molar-refractivity contribution in [1.82, 2.24) is 14.3 Å². The van der Waals surface area contributed by atoms with Crippen LogP contribution in [0.4, 0.5) is 0 Å². The summed E-state index contributed by atoms with van der Waals surface area (Å²) in [4.78, 5) is 8.81. The van der Waals surface area contributed by atoms with Crippen molar-refractivity contribution in [2.75, 3.05) is 13.1 Å². The number of ether oxygens (including phenoxy) is 1. The third-order valence-electron chi connectivity index (χ3n) is 3.95. The second-order valence-corrected chi connectivity index (χ2v) is 7.89. The van der Waals surface area contributed by atoms with E-state index in [1.54, 1.807) is 36.4 Å². The number of piperidine rings is 1. The van der Waals surface area contributed by atoms with E-state index in [1.165, 1.54) is 4.31 Å². The maximum atomic E-state index is 12.7. The summed E-state index contributed by atoms with van der Waals surface area (Å²) in [5, 5.41) is 0. The molecule has 6 nitrogen and oxygen atoms in total. The monoisotopic (exact) mass is 347 g/mol. The van der Waals surface area contributed by atoms with E-state index in [9.17, 15) is 8.42 Å². The van der Waals surface area contributed by atoms with E-state index in [1.807, 2.05) is 13.8 Å². The molecule has 1 aromatic heterocycles. The van der Waals surface area contributed by atoms with Crippen molar-refractivity contribution in [2.45, 2.75) is 37.7 Å². The number of hydrogen-bond acceptors (Lipinski definition) is 5. The molecule has 2 aromatic rings. The van der Waals surface area contributed by atoms with Gasteiger partial charge in [0.25, 0.3) is 0 Å². The fourth-order valence-electron chi connectivity index (χ4n) is 2.88. The van der Waals surface area contributed by atoms with Crippen molar-refractivity contribution in [1.29, 1.82) is 0 Å². The Hall–Kier alpha value is -1.99. The Balaban J connectivity index is 1.75. The molecule has 0 spiro atoms. The molecule has 0 saturated carbocycles. The van der Waals surface area contributed by atoms with Gasteiger partial charge >= 0.3 is 0 Å². The maximum absolute atomic E-state index is 12.7. The molecule has 1 saturated heterocycles. The topological polar surface area (TPSA) is 72.4 Å². The van der Waals surface area contributed by atoms with E-state index in [0.717, 1.165) is 18.5 Å². The molecule has 1 unspecified atom stereocenters. The van der Waals surface area contributed by atoms with Crippen LogP contribution in [0, 0.1) is 13.8 Å². The maximum Gasteiger partial charge on any atom is 0.243 e. The average Bonchev–Trinajstić information content (AvgIpc) is 2.55. The first kappa shape index (κ1) is 16.9. The van der Waals surface area contributed by atoms with Gasteiger partial charge in [0, 0.05) is 18.3 Å². The lowest BCUT2D eigenvalue weighted by atomic mass is 10.1. The summed E-state index contributed by atoms with van der Waals surface area (Å²) >= 11 is 0. The molecule has 1 fully saturated rings. The first-order valence-electron chi connectivity index (χ1n) is 7.99. The number of rotatable bonds is 4. The number of nitrogens with zero attached hydrogens (tertiary/aromatic N) is 3. The summed E-state index contributed by atoms with van der Waals surface area (Å²) in [6.07, 6.45) is 1.37. The Morgan fingerprint density at radius 3 is 2.62 bits per heavy atom. The van der Waals surface area contributed by atoms with Gasteiger partial charge in [0.1, 0.15) is 11.9 Å². The highest BCUT2D eigenvalue weighted by Gasteiger charge is 2.31. The van der Waals surface area contributed by atoms with Crippen molar-refractivity contribution in [3.8, 4) is 5.88 Å². The normalized spacial score (nSPS) is 19.2. The minimum absolute atomic E-state index is 0.203. The SMILES string of the molecule is Cc1cc(OC2CCCN(S(=O)(=O)c3ccccc3)C2)nc(C)n1. The quantitative estimate of drug-likeness (QED) is 0.849. The smallest absolute Gasteiger partial charge is 0.243 e. The van der Waals surface area contributed by atoms with Crippen molar-refractivity contribution < 1.29 is 13.2 Å². The summed E-state index contributed by atoms with van der Waals surface area (Å²) in [7, 11) is -3.48. The Morgan fingerprint density at radius 1 is 1.17 bits per heavy atom. The summed E-state index contributed by atoms with van der Waals surface area (Å²) in [5.74, 6) is 1.15. The molecular formula is C17H21N3O3S. The van der Waals surface area contributed by atoms with Crippen LogP contribution in [0.1, 0.15) is 24.4 Å². The number of hydrogen-bond donors (Lipinski definition) is 0. The van der Waals surface area contributed by atoms with E-state index >= 15 is 0 Å². The Labute approximate surface area is 142 Å². The van der Waals surface area contributed by atoms with E-state index < -0.39 is 10.0 Å². The molecule has 0 aliphatic carbocycles. The van der Waals surface area contributed by atoms with E-state index in [2.05, 4.69) is 9.97 Å². The molecule has 0 amide bonds. The first-order valence-corrected chi connectivity index (χ1v) is 9.43. The van der Waals surface area contributed by atoms with Crippen molar-refractivity contribution in [3.63, 3.8) is 0 Å². The zero-order valence-electron chi connectivity index (χ0n) is 13.8. The van der Waals surface area contributed by atoms with Crippen molar-refractivity contribution in [2.24, 2.45) is 0 Å². The Kier molecular flexibility index (Phi) is 4.82. The van der Waals surface area contributed by atoms with Gasteiger partial charge in [-0.15, -0.1) is 0 Å². The molecule has 0 bridgehead atoms. The highest BCUT2D eigenvalue weighted by molar-refractivity contribution is 7.89. The molecule has 2 heterocycles. The predicted octanol–water partition coefficient (Wildman–Crippen LogP) is 2.33. The summed E-state index contributed by atoms with van der Waals surface area (Å²) in [5.41, 5.74) is 0.835. The van der Waals surface area contributed by atoms with Gasteiger partial charge in [0.05, 0.1) is 11.4 Å². The second kappa shape index (κ2) is 6.86. The van der Waals surface area contributed by atoms with Gasteiger partial charge in [0.2, 0.25) is 15.9 Å². The van der Waals surface area contributed by atoms with Gasteiger partial charge in [-0.2, -0.15) is 9.29 Å². The molecule has 128 valence electrons. The lowest BCUT2D eigenvalue weighted by molar-refractivity contribution is 0.124. The molecule has 0 N–H and O–H groups in total. The Morgan fingerprint density at radius 2 is 1.92 bits per heavy atom. The lowest BCUT2D eigenvalue weighted by Gasteiger charge is -2.31. The molecule has 1 aromatic carbocycles. The molecule has 7 heteroatoms. The van der Waals surface area contributed by atoms with Crippen LogP contribution in [-0.2, 0) is 10.0 Å². The van der Waals surface area contributed by atoms with Crippen LogP contribution in [0.15, 0.2) is 41.3 Å². The molecule has 1 aliphatic rings. The van der Waals surface area contributed by atoms with E-state index in [4.69, 9.17) is 4.74 Å². The zero-order chi connectivity index (χ0) is 17.2. The van der Waals surface area contributed by atoms with Crippen molar-refractivity contribution in [3.05, 3.63) is 47.9 Å². The van der Waals surface area contributed by atoms with Crippen LogP contribution in [0.5, 0.6) is 5.88 Å². The van der Waals surface area contributed by atoms with Gasteiger partial charge in [-0.05, 0) is 38.8 Å². The van der Waals surface area contributed by atoms with Gasteiger partial charge in [-0.1, -0.05) is 18.2 Å². The lowest BCUT2D eigenvalue weighted by Crippen LogP contribution is -2.44. The second-order valence-electron chi connectivity index (χ2n) is 5.95. The zero-order valence-corrected chi connectivity index (χ0v) is 14.7. The largest absolute Gasteiger partial charge is 0.473 e. The van der Waals surface area contributed by atoms with Crippen LogP contribution in [0.25, 0.3) is 0 Å². The van der Waals surface area contributed by atoms with Crippen LogP contribution in [-0.4, -0.2) is 41.9 Å². The van der Waals surface area contributed by atoms with Gasteiger partial charge in [0.15, 0.2) is 0 Å². The molecule has 24 heavy (non-hydrogen) atoms.